The summed E-state index contributed by atoms with van der Waals surface area (Å²) in [6.45, 7) is 6.04. The zero-order valence-corrected chi connectivity index (χ0v) is 9.81. The molecule has 2 aliphatic rings. The minimum atomic E-state index is 0.723. The molecule has 2 saturated carbocycles. The van der Waals surface area contributed by atoms with Crippen molar-refractivity contribution in [2.24, 2.45) is 11.3 Å². The van der Waals surface area contributed by atoms with Crippen LogP contribution in [0.15, 0.2) is 0 Å². The zero-order valence-electron chi connectivity index (χ0n) is 9.81. The van der Waals surface area contributed by atoms with Crippen molar-refractivity contribution in [3.63, 3.8) is 0 Å². The second kappa shape index (κ2) is 4.22. The molecule has 2 atom stereocenters. The van der Waals surface area contributed by atoms with E-state index in [1.54, 1.807) is 0 Å². The van der Waals surface area contributed by atoms with E-state index in [0.717, 1.165) is 17.4 Å². The van der Waals surface area contributed by atoms with E-state index in [1.165, 1.54) is 51.5 Å². The van der Waals surface area contributed by atoms with Crippen molar-refractivity contribution in [1.29, 1.82) is 0 Å². The molecule has 0 heterocycles. The SMILES string of the molecule is CCC1(CNC2CCCC(C)C2)CC1. The highest BCUT2D eigenvalue weighted by atomic mass is 14.9. The quantitative estimate of drug-likeness (QED) is 0.725. The molecule has 0 bridgehead atoms. The Morgan fingerprint density at radius 1 is 1.29 bits per heavy atom. The lowest BCUT2D eigenvalue weighted by atomic mass is 9.86. The summed E-state index contributed by atoms with van der Waals surface area (Å²) in [5.74, 6) is 0.957. The highest BCUT2D eigenvalue weighted by Gasteiger charge is 2.40. The van der Waals surface area contributed by atoms with E-state index in [2.05, 4.69) is 19.2 Å². The zero-order chi connectivity index (χ0) is 10.0. The average Bonchev–Trinajstić information content (AvgIpc) is 2.96. The molecule has 82 valence electrons. The van der Waals surface area contributed by atoms with Gasteiger partial charge in [-0.3, -0.25) is 0 Å². The fraction of sp³-hybridized carbons (Fsp3) is 1.00. The number of hydrogen-bond acceptors (Lipinski definition) is 1. The van der Waals surface area contributed by atoms with Gasteiger partial charge in [0, 0.05) is 12.6 Å². The van der Waals surface area contributed by atoms with Gasteiger partial charge in [0.1, 0.15) is 0 Å². The van der Waals surface area contributed by atoms with Crippen molar-refractivity contribution in [2.75, 3.05) is 6.54 Å². The van der Waals surface area contributed by atoms with Gasteiger partial charge >= 0.3 is 0 Å². The first-order valence-corrected chi connectivity index (χ1v) is 6.47. The first kappa shape index (κ1) is 10.5. The van der Waals surface area contributed by atoms with Gasteiger partial charge in [-0.15, -0.1) is 0 Å². The van der Waals surface area contributed by atoms with Crippen LogP contribution in [0, 0.1) is 11.3 Å². The van der Waals surface area contributed by atoms with Gasteiger partial charge in [-0.05, 0) is 43.4 Å². The lowest BCUT2D eigenvalue weighted by molar-refractivity contribution is 0.282. The van der Waals surface area contributed by atoms with Crippen molar-refractivity contribution in [1.82, 2.24) is 5.32 Å². The number of hydrogen-bond donors (Lipinski definition) is 1. The Hall–Kier alpha value is -0.0400. The number of rotatable bonds is 4. The van der Waals surface area contributed by atoms with Gasteiger partial charge in [-0.1, -0.05) is 26.7 Å². The summed E-state index contributed by atoms with van der Waals surface area (Å²) in [4.78, 5) is 0. The van der Waals surface area contributed by atoms with Crippen LogP contribution in [0.3, 0.4) is 0 Å². The van der Waals surface area contributed by atoms with Gasteiger partial charge in [0.25, 0.3) is 0 Å². The van der Waals surface area contributed by atoms with E-state index in [-0.39, 0.29) is 0 Å². The summed E-state index contributed by atoms with van der Waals surface area (Å²) in [6, 6.07) is 0.836. The highest BCUT2D eigenvalue weighted by molar-refractivity contribution is 4.94. The minimum Gasteiger partial charge on any atom is -0.313 e. The maximum absolute atomic E-state index is 3.81. The third-order valence-electron chi connectivity index (χ3n) is 4.41. The Morgan fingerprint density at radius 2 is 2.07 bits per heavy atom. The summed E-state index contributed by atoms with van der Waals surface area (Å²) in [5, 5.41) is 3.81. The van der Waals surface area contributed by atoms with Crippen molar-refractivity contribution >= 4 is 0 Å². The fourth-order valence-corrected chi connectivity index (χ4v) is 2.81. The lowest BCUT2D eigenvalue weighted by Crippen LogP contribution is -2.37. The maximum Gasteiger partial charge on any atom is 0.00698 e. The van der Waals surface area contributed by atoms with Crippen LogP contribution >= 0.6 is 0 Å². The van der Waals surface area contributed by atoms with Gasteiger partial charge in [0.15, 0.2) is 0 Å². The normalized spacial score (nSPS) is 35.6. The van der Waals surface area contributed by atoms with Crippen LogP contribution < -0.4 is 5.32 Å². The van der Waals surface area contributed by atoms with Crippen LogP contribution in [0.25, 0.3) is 0 Å². The van der Waals surface area contributed by atoms with Gasteiger partial charge in [-0.25, -0.2) is 0 Å². The Morgan fingerprint density at radius 3 is 2.64 bits per heavy atom. The topological polar surface area (TPSA) is 12.0 Å². The molecule has 0 aliphatic heterocycles. The van der Waals surface area contributed by atoms with E-state index >= 15 is 0 Å². The summed E-state index contributed by atoms with van der Waals surface area (Å²) < 4.78 is 0. The Balaban J connectivity index is 1.69. The summed E-state index contributed by atoms with van der Waals surface area (Å²) in [5.41, 5.74) is 0.723. The molecule has 0 aromatic carbocycles. The molecule has 0 spiro atoms. The minimum absolute atomic E-state index is 0.723. The monoisotopic (exact) mass is 195 g/mol. The molecule has 1 N–H and O–H groups in total. The van der Waals surface area contributed by atoms with E-state index < -0.39 is 0 Å². The number of nitrogens with one attached hydrogen (secondary N) is 1. The summed E-state index contributed by atoms with van der Waals surface area (Å²) in [6.07, 6.45) is 10.1. The predicted octanol–water partition coefficient (Wildman–Crippen LogP) is 3.34. The standard InChI is InChI=1S/C13H25N/c1-3-13(7-8-13)10-14-12-6-4-5-11(2)9-12/h11-12,14H,3-10H2,1-2H3. The molecule has 14 heavy (non-hydrogen) atoms. The Kier molecular flexibility index (Phi) is 3.16. The molecular formula is C13H25N. The molecular weight excluding hydrogens is 170 g/mol. The smallest absolute Gasteiger partial charge is 0.00698 e. The highest BCUT2D eigenvalue weighted by Crippen LogP contribution is 2.48. The second-order valence-corrected chi connectivity index (χ2v) is 5.70. The van der Waals surface area contributed by atoms with Crippen LogP contribution in [0.2, 0.25) is 0 Å². The fourth-order valence-electron chi connectivity index (χ4n) is 2.81. The van der Waals surface area contributed by atoms with Crippen LogP contribution in [0.1, 0.15) is 58.8 Å². The molecule has 1 heteroatoms. The predicted molar refractivity (Wildman–Crippen MR) is 61.4 cm³/mol. The third-order valence-corrected chi connectivity index (χ3v) is 4.41. The molecule has 0 aromatic heterocycles. The first-order chi connectivity index (χ1) is 6.74. The molecule has 0 aromatic rings. The molecule has 0 radical (unpaired) electrons. The van der Waals surface area contributed by atoms with E-state index in [4.69, 9.17) is 0 Å². The Bertz CT molecular complexity index is 184. The molecule has 0 amide bonds. The van der Waals surface area contributed by atoms with Crippen LogP contribution in [-0.4, -0.2) is 12.6 Å². The summed E-state index contributed by atoms with van der Waals surface area (Å²) in [7, 11) is 0. The molecule has 2 aliphatic carbocycles. The van der Waals surface area contributed by atoms with Gasteiger partial charge in [-0.2, -0.15) is 0 Å². The van der Waals surface area contributed by atoms with Crippen LogP contribution in [0.5, 0.6) is 0 Å². The lowest BCUT2D eigenvalue weighted by Gasteiger charge is -2.29. The molecule has 0 saturated heterocycles. The maximum atomic E-state index is 3.81. The summed E-state index contributed by atoms with van der Waals surface area (Å²) >= 11 is 0. The third kappa shape index (κ3) is 2.50. The van der Waals surface area contributed by atoms with Crippen molar-refractivity contribution in [3.8, 4) is 0 Å². The largest absolute Gasteiger partial charge is 0.313 e. The van der Waals surface area contributed by atoms with Crippen LogP contribution in [0.4, 0.5) is 0 Å². The molecule has 2 unspecified atom stereocenters. The molecule has 2 fully saturated rings. The Labute approximate surface area is 88.7 Å². The van der Waals surface area contributed by atoms with E-state index in [9.17, 15) is 0 Å². The van der Waals surface area contributed by atoms with E-state index in [0.29, 0.717) is 0 Å². The van der Waals surface area contributed by atoms with Crippen LogP contribution in [-0.2, 0) is 0 Å². The second-order valence-electron chi connectivity index (χ2n) is 5.70. The van der Waals surface area contributed by atoms with Gasteiger partial charge in [0.05, 0.1) is 0 Å². The first-order valence-electron chi connectivity index (χ1n) is 6.47. The van der Waals surface area contributed by atoms with Gasteiger partial charge < -0.3 is 5.32 Å². The molecule has 2 rings (SSSR count). The van der Waals surface area contributed by atoms with Crippen molar-refractivity contribution < 1.29 is 0 Å². The average molecular weight is 195 g/mol. The van der Waals surface area contributed by atoms with Gasteiger partial charge in [0.2, 0.25) is 0 Å². The van der Waals surface area contributed by atoms with Crippen molar-refractivity contribution in [2.45, 2.75) is 64.8 Å². The van der Waals surface area contributed by atoms with Crippen molar-refractivity contribution in [3.05, 3.63) is 0 Å². The molecule has 1 nitrogen and oxygen atoms in total. The van der Waals surface area contributed by atoms with E-state index in [1.807, 2.05) is 0 Å².